The van der Waals surface area contributed by atoms with Crippen LogP contribution in [0.25, 0.3) is 0 Å². The minimum atomic E-state index is -0.120. The molecule has 3 N–H and O–H groups in total. The highest BCUT2D eigenvalue weighted by molar-refractivity contribution is 5.91. The zero-order valence-electron chi connectivity index (χ0n) is 13.6. The predicted molar refractivity (Wildman–Crippen MR) is 86.2 cm³/mol. The van der Waals surface area contributed by atoms with E-state index in [2.05, 4.69) is 10.6 Å². The van der Waals surface area contributed by atoms with Gasteiger partial charge < -0.3 is 20.3 Å². The number of quaternary nitrogens is 1. The van der Waals surface area contributed by atoms with Gasteiger partial charge in [-0.1, -0.05) is 6.92 Å². The van der Waals surface area contributed by atoms with Crippen molar-refractivity contribution in [3.63, 3.8) is 0 Å². The first kappa shape index (κ1) is 18.0. The van der Waals surface area contributed by atoms with Gasteiger partial charge in [0, 0.05) is 12.2 Å². The van der Waals surface area contributed by atoms with Crippen LogP contribution < -0.4 is 20.3 Å². The number of anilines is 1. The number of amides is 2. The van der Waals surface area contributed by atoms with Crippen LogP contribution in [-0.2, 0) is 9.59 Å². The van der Waals surface area contributed by atoms with E-state index < -0.39 is 0 Å². The molecule has 2 amide bonds. The van der Waals surface area contributed by atoms with E-state index >= 15 is 0 Å². The molecule has 0 fully saturated rings. The van der Waals surface area contributed by atoms with Crippen molar-refractivity contribution >= 4 is 17.5 Å². The van der Waals surface area contributed by atoms with E-state index in [0.717, 1.165) is 22.8 Å². The summed E-state index contributed by atoms with van der Waals surface area (Å²) in [7, 11) is 1.82. The Morgan fingerprint density at radius 2 is 1.73 bits per heavy atom. The number of rotatable bonds is 9. The van der Waals surface area contributed by atoms with Crippen LogP contribution in [0.1, 0.15) is 20.3 Å². The summed E-state index contributed by atoms with van der Waals surface area (Å²) >= 11 is 0. The molecule has 0 aliphatic rings. The molecule has 0 saturated heterocycles. The van der Waals surface area contributed by atoms with Gasteiger partial charge >= 0.3 is 0 Å². The smallest absolute Gasteiger partial charge is 0.279 e. The second-order valence-corrected chi connectivity index (χ2v) is 5.17. The zero-order chi connectivity index (χ0) is 16.4. The van der Waals surface area contributed by atoms with Crippen molar-refractivity contribution in [2.24, 2.45) is 0 Å². The Balaban J connectivity index is 2.37. The highest BCUT2D eigenvalue weighted by atomic mass is 16.5. The predicted octanol–water partition coefficient (Wildman–Crippen LogP) is 0.0647. The van der Waals surface area contributed by atoms with Crippen LogP contribution in [0, 0.1) is 0 Å². The highest BCUT2D eigenvalue weighted by Crippen LogP contribution is 2.15. The molecule has 0 spiro atoms. The van der Waals surface area contributed by atoms with Crippen LogP contribution in [0.5, 0.6) is 5.75 Å². The molecule has 1 aromatic carbocycles. The zero-order valence-corrected chi connectivity index (χ0v) is 13.6. The molecule has 0 bridgehead atoms. The van der Waals surface area contributed by atoms with Gasteiger partial charge in [-0.05, 0) is 37.6 Å². The summed E-state index contributed by atoms with van der Waals surface area (Å²) in [4.78, 5) is 24.4. The summed E-state index contributed by atoms with van der Waals surface area (Å²) in [6.45, 7) is 5.74. The monoisotopic (exact) mass is 308 g/mol. The fourth-order valence-electron chi connectivity index (χ4n) is 1.94. The van der Waals surface area contributed by atoms with Gasteiger partial charge in [-0.2, -0.15) is 0 Å². The van der Waals surface area contributed by atoms with Crippen molar-refractivity contribution in [3.05, 3.63) is 24.3 Å². The summed E-state index contributed by atoms with van der Waals surface area (Å²) in [5.41, 5.74) is 0.719. The van der Waals surface area contributed by atoms with Crippen LogP contribution in [0.4, 0.5) is 5.69 Å². The summed E-state index contributed by atoms with van der Waals surface area (Å²) in [5, 5.41) is 5.61. The molecule has 1 unspecified atom stereocenters. The quantitative estimate of drug-likeness (QED) is 0.604. The molecule has 0 heterocycles. The lowest BCUT2D eigenvalue weighted by atomic mass is 10.3. The Labute approximate surface area is 131 Å². The SMILES string of the molecule is CCCNC(=O)C[NH+](C)CC(=O)Nc1ccc(OCC)cc1. The van der Waals surface area contributed by atoms with Crippen LogP contribution >= 0.6 is 0 Å². The standard InChI is InChI=1S/C16H25N3O3/c1-4-10-17-15(20)11-19(3)12-16(21)18-13-6-8-14(9-7-13)22-5-2/h6-9H,4-5,10-12H2,1-3H3,(H,17,20)(H,18,21)/p+1. The van der Waals surface area contributed by atoms with E-state index in [9.17, 15) is 9.59 Å². The van der Waals surface area contributed by atoms with Crippen LogP contribution in [-0.4, -0.2) is 45.1 Å². The van der Waals surface area contributed by atoms with E-state index in [1.807, 2.05) is 33.0 Å². The lowest BCUT2D eigenvalue weighted by Gasteiger charge is -2.13. The van der Waals surface area contributed by atoms with Crippen molar-refractivity contribution in [2.75, 3.05) is 38.6 Å². The number of benzene rings is 1. The third-order valence-corrected chi connectivity index (χ3v) is 2.95. The molecule has 22 heavy (non-hydrogen) atoms. The van der Waals surface area contributed by atoms with Crippen LogP contribution in [0.15, 0.2) is 24.3 Å². The molecule has 0 aromatic heterocycles. The topological polar surface area (TPSA) is 71.9 Å². The first-order chi connectivity index (χ1) is 10.5. The third-order valence-electron chi connectivity index (χ3n) is 2.95. The first-order valence-corrected chi connectivity index (χ1v) is 7.65. The largest absolute Gasteiger partial charge is 0.494 e. The minimum Gasteiger partial charge on any atom is -0.494 e. The van der Waals surface area contributed by atoms with E-state index in [0.29, 0.717) is 13.2 Å². The van der Waals surface area contributed by atoms with E-state index in [1.54, 1.807) is 12.1 Å². The molecule has 0 aliphatic heterocycles. The normalized spacial score (nSPS) is 11.6. The third kappa shape index (κ3) is 7.08. The van der Waals surface area contributed by atoms with E-state index in [1.165, 1.54) is 0 Å². The molecular formula is C16H26N3O3+. The van der Waals surface area contributed by atoms with E-state index in [4.69, 9.17) is 4.74 Å². The van der Waals surface area contributed by atoms with Crippen molar-refractivity contribution in [1.82, 2.24) is 5.32 Å². The number of hydrogen-bond donors (Lipinski definition) is 3. The Morgan fingerprint density at radius 1 is 1.09 bits per heavy atom. The molecule has 1 rings (SSSR count). The second-order valence-electron chi connectivity index (χ2n) is 5.17. The summed E-state index contributed by atoms with van der Waals surface area (Å²) in [6, 6.07) is 7.22. The second kappa shape index (κ2) is 9.78. The number of likely N-dealkylation sites (N-methyl/N-ethyl adjacent to an activating group) is 1. The molecule has 122 valence electrons. The van der Waals surface area contributed by atoms with Crippen LogP contribution in [0.3, 0.4) is 0 Å². The molecule has 0 radical (unpaired) electrons. The minimum absolute atomic E-state index is 0.0341. The Kier molecular flexibility index (Phi) is 7.99. The Hall–Kier alpha value is -2.08. The van der Waals surface area contributed by atoms with Crippen molar-refractivity contribution in [1.29, 1.82) is 0 Å². The highest BCUT2D eigenvalue weighted by Gasteiger charge is 2.13. The molecule has 0 aliphatic carbocycles. The van der Waals surface area contributed by atoms with Gasteiger partial charge in [-0.15, -0.1) is 0 Å². The lowest BCUT2D eigenvalue weighted by Crippen LogP contribution is -3.11. The van der Waals surface area contributed by atoms with Crippen molar-refractivity contribution in [3.8, 4) is 5.75 Å². The number of hydrogen-bond acceptors (Lipinski definition) is 3. The van der Waals surface area contributed by atoms with Gasteiger partial charge in [0.2, 0.25) is 0 Å². The maximum atomic E-state index is 11.9. The maximum absolute atomic E-state index is 11.9. The first-order valence-electron chi connectivity index (χ1n) is 7.65. The van der Waals surface area contributed by atoms with Crippen molar-refractivity contribution in [2.45, 2.75) is 20.3 Å². The molecule has 1 atom stereocenters. The van der Waals surface area contributed by atoms with Gasteiger partial charge in [0.15, 0.2) is 13.1 Å². The van der Waals surface area contributed by atoms with Gasteiger partial charge in [0.05, 0.1) is 13.7 Å². The Bertz CT molecular complexity index is 474. The van der Waals surface area contributed by atoms with Gasteiger partial charge in [0.25, 0.3) is 11.8 Å². The van der Waals surface area contributed by atoms with Gasteiger partial charge in [-0.25, -0.2) is 0 Å². The maximum Gasteiger partial charge on any atom is 0.279 e. The number of ether oxygens (including phenoxy) is 1. The fraction of sp³-hybridized carbons (Fsp3) is 0.500. The Morgan fingerprint density at radius 3 is 2.32 bits per heavy atom. The molecule has 1 aromatic rings. The lowest BCUT2D eigenvalue weighted by molar-refractivity contribution is -0.862. The van der Waals surface area contributed by atoms with Gasteiger partial charge in [-0.3, -0.25) is 9.59 Å². The number of nitrogens with one attached hydrogen (secondary N) is 3. The average Bonchev–Trinajstić information content (AvgIpc) is 2.47. The molecular weight excluding hydrogens is 282 g/mol. The molecule has 6 heteroatoms. The fourth-order valence-corrected chi connectivity index (χ4v) is 1.94. The molecule has 0 saturated carbocycles. The van der Waals surface area contributed by atoms with Gasteiger partial charge in [0.1, 0.15) is 5.75 Å². The van der Waals surface area contributed by atoms with E-state index in [-0.39, 0.29) is 24.9 Å². The summed E-state index contributed by atoms with van der Waals surface area (Å²) < 4.78 is 5.35. The summed E-state index contributed by atoms with van der Waals surface area (Å²) in [6.07, 6.45) is 0.906. The summed E-state index contributed by atoms with van der Waals surface area (Å²) in [5.74, 6) is 0.619. The number of carbonyl (C=O) groups is 2. The molecule has 6 nitrogen and oxygen atoms in total. The number of carbonyl (C=O) groups excluding carboxylic acids is 2. The average molecular weight is 308 g/mol. The van der Waals surface area contributed by atoms with Crippen molar-refractivity contribution < 1.29 is 19.2 Å². The van der Waals surface area contributed by atoms with Crippen LogP contribution in [0.2, 0.25) is 0 Å².